The molecule has 0 heterocycles. The van der Waals surface area contributed by atoms with E-state index in [1.54, 1.807) is 36.8 Å². The van der Waals surface area contributed by atoms with Gasteiger partial charge in [-0.1, -0.05) is 57.2 Å². The molecular formula is C18H20N2O2. The fourth-order valence-corrected chi connectivity index (χ4v) is 1.08. The van der Waals surface area contributed by atoms with Crippen LogP contribution in [0.4, 0.5) is 0 Å². The van der Waals surface area contributed by atoms with E-state index in [1.807, 2.05) is 36.4 Å². The van der Waals surface area contributed by atoms with E-state index < -0.39 is 0 Å². The summed E-state index contributed by atoms with van der Waals surface area (Å²) in [7, 11) is 0. The third-order valence-corrected chi connectivity index (χ3v) is 1.81. The van der Waals surface area contributed by atoms with Gasteiger partial charge in [0.2, 0.25) is 0 Å². The average Bonchev–Trinajstić information content (AvgIpc) is 2.50. The first-order valence-electron chi connectivity index (χ1n) is 6.82. The molecule has 0 atom stereocenters. The molecule has 0 amide bonds. The Balaban J connectivity index is 0.000000326. The number of benzene rings is 2. The van der Waals surface area contributed by atoms with E-state index >= 15 is 0 Å². The van der Waals surface area contributed by atoms with Crippen molar-refractivity contribution in [1.82, 2.24) is 0 Å². The maximum Gasteiger partial charge on any atom is 0.292 e. The Labute approximate surface area is 132 Å². The second kappa shape index (κ2) is 13.0. The Morgan fingerprint density at radius 2 is 0.955 bits per heavy atom. The van der Waals surface area contributed by atoms with Crippen molar-refractivity contribution in [3.05, 3.63) is 60.7 Å². The van der Waals surface area contributed by atoms with Gasteiger partial charge in [0.15, 0.2) is 0 Å². The first-order valence-corrected chi connectivity index (χ1v) is 6.82. The summed E-state index contributed by atoms with van der Waals surface area (Å²) in [5.41, 5.74) is 0. The van der Waals surface area contributed by atoms with Gasteiger partial charge in [-0.2, -0.15) is 0 Å². The topological polar surface area (TPSA) is 66.0 Å². The molecular weight excluding hydrogens is 276 g/mol. The van der Waals surface area contributed by atoms with Gasteiger partial charge >= 0.3 is 0 Å². The number of para-hydroxylation sites is 2. The fraction of sp³-hybridized carbons (Fsp3) is 0.222. The summed E-state index contributed by atoms with van der Waals surface area (Å²) in [4.78, 5) is 0. The highest BCUT2D eigenvalue weighted by Crippen LogP contribution is 2.07. The molecule has 0 aromatic heterocycles. The zero-order chi connectivity index (χ0) is 16.6. The lowest BCUT2D eigenvalue weighted by molar-refractivity contribution is 0.507. The predicted molar refractivity (Wildman–Crippen MR) is 85.9 cm³/mol. The third-order valence-electron chi connectivity index (χ3n) is 1.81. The van der Waals surface area contributed by atoms with Crippen LogP contribution in [0, 0.1) is 29.0 Å². The Kier molecular flexibility index (Phi) is 11.3. The van der Waals surface area contributed by atoms with Gasteiger partial charge in [0.25, 0.3) is 12.5 Å². The minimum Gasteiger partial charge on any atom is -0.388 e. The summed E-state index contributed by atoms with van der Waals surface area (Å²) in [6.07, 6.45) is 3.17. The summed E-state index contributed by atoms with van der Waals surface area (Å²) in [6.45, 7) is 6.50. The minimum absolute atomic E-state index is 0.583. The van der Waals surface area contributed by atoms with Gasteiger partial charge in [-0.15, -0.1) is 10.5 Å². The van der Waals surface area contributed by atoms with Crippen molar-refractivity contribution in [3.8, 4) is 24.0 Å². The Bertz CT molecular complexity index is 515. The van der Waals surface area contributed by atoms with E-state index in [1.165, 1.54) is 0 Å². The van der Waals surface area contributed by atoms with Crippen molar-refractivity contribution >= 4 is 0 Å². The van der Waals surface area contributed by atoms with Crippen molar-refractivity contribution in [1.29, 1.82) is 10.5 Å². The van der Waals surface area contributed by atoms with Crippen LogP contribution in [-0.2, 0) is 0 Å². The smallest absolute Gasteiger partial charge is 0.292 e. The maximum atomic E-state index is 8.05. The zero-order valence-electron chi connectivity index (χ0n) is 13.1. The van der Waals surface area contributed by atoms with Crippen LogP contribution in [0.5, 0.6) is 11.5 Å². The lowest BCUT2D eigenvalue weighted by atomic mass is 10.3. The number of rotatable bonds is 2. The first-order chi connectivity index (χ1) is 10.6. The zero-order valence-corrected chi connectivity index (χ0v) is 13.1. The summed E-state index contributed by atoms with van der Waals surface area (Å²) in [5, 5.41) is 16.1. The molecule has 4 heteroatoms. The molecule has 0 spiro atoms. The molecule has 0 saturated heterocycles. The molecule has 0 radical (unpaired) electrons. The van der Waals surface area contributed by atoms with Gasteiger partial charge in [-0.3, -0.25) is 0 Å². The normalized spacial score (nSPS) is 8.09. The lowest BCUT2D eigenvalue weighted by Gasteiger charge is -1.89. The van der Waals surface area contributed by atoms with Gasteiger partial charge in [0.1, 0.15) is 11.5 Å². The summed E-state index contributed by atoms with van der Waals surface area (Å²) >= 11 is 0. The number of nitrogens with zero attached hydrogens (tertiary/aromatic N) is 2. The summed E-state index contributed by atoms with van der Waals surface area (Å²) < 4.78 is 9.02. The van der Waals surface area contributed by atoms with Crippen LogP contribution in [-0.4, -0.2) is 0 Å². The number of nitriles is 2. The third kappa shape index (κ3) is 12.1. The monoisotopic (exact) mass is 296 g/mol. The number of hydrogen-bond donors (Lipinski definition) is 0. The Morgan fingerprint density at radius 1 is 0.682 bits per heavy atom. The van der Waals surface area contributed by atoms with Gasteiger partial charge in [0, 0.05) is 0 Å². The fourth-order valence-electron chi connectivity index (χ4n) is 1.08. The highest BCUT2D eigenvalue weighted by Gasteiger charge is 1.85. The number of ether oxygens (including phenoxy) is 2. The van der Waals surface area contributed by atoms with Crippen molar-refractivity contribution in [2.24, 2.45) is 5.92 Å². The largest absolute Gasteiger partial charge is 0.388 e. The summed E-state index contributed by atoms with van der Waals surface area (Å²) in [6, 6.07) is 17.9. The molecule has 0 bridgehead atoms. The predicted octanol–water partition coefficient (Wildman–Crippen LogP) is 4.76. The van der Waals surface area contributed by atoms with Crippen LogP contribution < -0.4 is 9.47 Å². The molecule has 0 unspecified atom stereocenters. The molecule has 2 rings (SSSR count). The van der Waals surface area contributed by atoms with Crippen molar-refractivity contribution in [2.75, 3.05) is 0 Å². The minimum atomic E-state index is 0.583. The van der Waals surface area contributed by atoms with Crippen molar-refractivity contribution in [3.63, 3.8) is 0 Å². The van der Waals surface area contributed by atoms with Gasteiger partial charge in [-0.25, -0.2) is 0 Å². The van der Waals surface area contributed by atoms with Crippen LogP contribution in [0.1, 0.15) is 20.8 Å². The van der Waals surface area contributed by atoms with Crippen LogP contribution in [0.15, 0.2) is 60.7 Å². The molecule has 4 nitrogen and oxygen atoms in total. The second-order valence-corrected chi connectivity index (χ2v) is 4.74. The molecule has 0 aliphatic carbocycles. The maximum absolute atomic E-state index is 8.05. The van der Waals surface area contributed by atoms with Gasteiger partial charge < -0.3 is 9.47 Å². The van der Waals surface area contributed by atoms with E-state index in [-0.39, 0.29) is 0 Å². The molecule has 0 aliphatic rings. The highest BCUT2D eigenvalue weighted by molar-refractivity contribution is 5.22. The lowest BCUT2D eigenvalue weighted by Crippen LogP contribution is -1.78. The quantitative estimate of drug-likeness (QED) is 0.750. The van der Waals surface area contributed by atoms with E-state index in [0.717, 1.165) is 5.92 Å². The average molecular weight is 296 g/mol. The molecule has 114 valence electrons. The second-order valence-electron chi connectivity index (χ2n) is 4.74. The molecule has 0 fully saturated rings. The molecule has 0 saturated carbocycles. The van der Waals surface area contributed by atoms with E-state index in [4.69, 9.17) is 10.5 Å². The van der Waals surface area contributed by atoms with Gasteiger partial charge in [0.05, 0.1) is 0 Å². The van der Waals surface area contributed by atoms with Crippen molar-refractivity contribution in [2.45, 2.75) is 20.8 Å². The molecule has 0 aliphatic heterocycles. The van der Waals surface area contributed by atoms with E-state index in [2.05, 4.69) is 30.2 Å². The van der Waals surface area contributed by atoms with E-state index in [0.29, 0.717) is 11.5 Å². The van der Waals surface area contributed by atoms with Crippen LogP contribution in [0.3, 0.4) is 0 Å². The molecule has 2 aromatic carbocycles. The standard InChI is InChI=1S/2C7H5NO.C4H10/c2*8-6-9-7-4-2-1-3-5-7;1-4(2)3/h2*1-5H;4H,1-3H3. The SMILES string of the molecule is CC(C)C.N#COc1ccccc1.N#COc1ccccc1. The van der Waals surface area contributed by atoms with Crippen molar-refractivity contribution < 1.29 is 9.47 Å². The molecule has 0 N–H and O–H groups in total. The number of hydrogen-bond acceptors (Lipinski definition) is 4. The van der Waals surface area contributed by atoms with Gasteiger partial charge in [-0.05, 0) is 30.2 Å². The molecule has 22 heavy (non-hydrogen) atoms. The highest BCUT2D eigenvalue weighted by atomic mass is 16.5. The first kappa shape index (κ1) is 19.0. The summed E-state index contributed by atoms with van der Waals surface area (Å²) in [5.74, 6) is 2.00. The van der Waals surface area contributed by atoms with Crippen LogP contribution in [0.25, 0.3) is 0 Å². The van der Waals surface area contributed by atoms with Crippen LogP contribution in [0.2, 0.25) is 0 Å². The molecule has 2 aromatic rings. The van der Waals surface area contributed by atoms with E-state index in [9.17, 15) is 0 Å². The Morgan fingerprint density at radius 3 is 1.18 bits per heavy atom. The Hall–Kier alpha value is -2.98. The van der Waals surface area contributed by atoms with Crippen LogP contribution >= 0.6 is 0 Å².